The highest BCUT2D eigenvalue weighted by Gasteiger charge is 2.37. The molecule has 0 aromatic rings. The largest absolute Gasteiger partial charge is 0.330 e. The molecule has 0 radical (unpaired) electrons. The molecule has 1 nitrogen and oxygen atoms in total. The van der Waals surface area contributed by atoms with E-state index >= 15 is 0 Å². The molecule has 0 bridgehead atoms. The van der Waals surface area contributed by atoms with E-state index in [1.807, 2.05) is 0 Å². The van der Waals surface area contributed by atoms with Gasteiger partial charge in [-0.25, -0.2) is 0 Å². The van der Waals surface area contributed by atoms with Crippen molar-refractivity contribution in [3.63, 3.8) is 0 Å². The van der Waals surface area contributed by atoms with Crippen LogP contribution in [0.1, 0.15) is 65.7 Å². The van der Waals surface area contributed by atoms with Crippen LogP contribution in [0.3, 0.4) is 0 Å². The Hall–Kier alpha value is -0.0400. The smallest absolute Gasteiger partial charge is 0.00461 e. The summed E-state index contributed by atoms with van der Waals surface area (Å²) in [6.45, 7) is 8.20. The Bertz CT molecular complexity index is 248. The second kappa shape index (κ2) is 6.41. The van der Waals surface area contributed by atoms with Crippen LogP contribution in [0, 0.1) is 35.5 Å². The van der Waals surface area contributed by atoms with Crippen LogP contribution < -0.4 is 5.73 Å². The molecule has 106 valence electrons. The first-order valence-electron chi connectivity index (χ1n) is 8.31. The van der Waals surface area contributed by atoms with E-state index in [0.717, 1.165) is 42.1 Å². The number of nitrogens with two attached hydrogens (primary N) is 1. The summed E-state index contributed by atoms with van der Waals surface area (Å²) >= 11 is 0. The van der Waals surface area contributed by atoms with Crippen LogP contribution in [-0.2, 0) is 0 Å². The van der Waals surface area contributed by atoms with E-state index in [0.29, 0.717) is 0 Å². The summed E-state index contributed by atoms with van der Waals surface area (Å²) in [4.78, 5) is 0. The van der Waals surface area contributed by atoms with Crippen molar-refractivity contribution in [1.82, 2.24) is 0 Å². The lowest BCUT2D eigenvalue weighted by atomic mass is 9.62. The van der Waals surface area contributed by atoms with E-state index in [4.69, 9.17) is 5.73 Å². The molecule has 0 aliphatic heterocycles. The molecular weight excluding hydrogens is 218 g/mol. The van der Waals surface area contributed by atoms with E-state index in [1.54, 1.807) is 0 Å². The molecule has 5 atom stereocenters. The number of hydrogen-bond acceptors (Lipinski definition) is 1. The second-order valence-corrected chi connectivity index (χ2v) is 7.51. The molecule has 2 saturated carbocycles. The molecule has 2 aliphatic carbocycles. The van der Waals surface area contributed by atoms with Gasteiger partial charge in [0.1, 0.15) is 0 Å². The monoisotopic (exact) mass is 251 g/mol. The van der Waals surface area contributed by atoms with Crippen LogP contribution in [-0.4, -0.2) is 6.54 Å². The predicted octanol–water partition coefficient (Wildman–Crippen LogP) is 4.46. The Morgan fingerprint density at radius 1 is 1.06 bits per heavy atom. The van der Waals surface area contributed by atoms with Gasteiger partial charge in [0.25, 0.3) is 0 Å². The van der Waals surface area contributed by atoms with Crippen LogP contribution in [0.2, 0.25) is 0 Å². The average molecular weight is 251 g/mol. The molecule has 2 N–H and O–H groups in total. The van der Waals surface area contributed by atoms with E-state index < -0.39 is 0 Å². The standard InChI is InChI=1S/C17H33N/c1-12(2)14-7-8-16(11-18)17(10-14)15-6-4-5-13(3)9-15/h12-17H,4-11,18H2,1-3H3. The molecular formula is C17H33N. The minimum absolute atomic E-state index is 0.829. The summed E-state index contributed by atoms with van der Waals surface area (Å²) < 4.78 is 0. The molecule has 18 heavy (non-hydrogen) atoms. The van der Waals surface area contributed by atoms with Crippen molar-refractivity contribution in [1.29, 1.82) is 0 Å². The van der Waals surface area contributed by atoms with E-state index in [1.165, 1.54) is 44.9 Å². The fourth-order valence-electron chi connectivity index (χ4n) is 4.65. The zero-order valence-electron chi connectivity index (χ0n) is 12.7. The number of rotatable bonds is 3. The van der Waals surface area contributed by atoms with Crippen LogP contribution in [0.4, 0.5) is 0 Å². The number of hydrogen-bond donors (Lipinski definition) is 1. The van der Waals surface area contributed by atoms with Gasteiger partial charge in [0.05, 0.1) is 0 Å². The maximum Gasteiger partial charge on any atom is -0.00461 e. The fourth-order valence-corrected chi connectivity index (χ4v) is 4.65. The highest BCUT2D eigenvalue weighted by atomic mass is 14.6. The van der Waals surface area contributed by atoms with Gasteiger partial charge in [-0.3, -0.25) is 0 Å². The molecule has 0 heterocycles. The Balaban J connectivity index is 2.01. The molecule has 0 aromatic carbocycles. The Labute approximate surface area is 114 Å². The maximum absolute atomic E-state index is 6.06. The molecule has 2 aliphatic rings. The molecule has 0 saturated heterocycles. The summed E-state index contributed by atoms with van der Waals surface area (Å²) in [6.07, 6.45) is 10.2. The Kier molecular flexibility index (Phi) is 5.12. The SMILES string of the molecule is CC1CCCC(C2CC(C(C)C)CCC2CN)C1. The van der Waals surface area contributed by atoms with E-state index in [9.17, 15) is 0 Å². The normalized spacial score (nSPS) is 42.2. The van der Waals surface area contributed by atoms with Crippen molar-refractivity contribution in [3.8, 4) is 0 Å². The van der Waals surface area contributed by atoms with Gasteiger partial charge >= 0.3 is 0 Å². The van der Waals surface area contributed by atoms with Crippen molar-refractivity contribution in [2.45, 2.75) is 65.7 Å². The molecule has 5 unspecified atom stereocenters. The third kappa shape index (κ3) is 3.29. The first kappa shape index (κ1) is 14.4. The summed E-state index contributed by atoms with van der Waals surface area (Å²) in [5, 5.41) is 0. The maximum atomic E-state index is 6.06. The summed E-state index contributed by atoms with van der Waals surface area (Å²) in [7, 11) is 0. The van der Waals surface area contributed by atoms with E-state index in [2.05, 4.69) is 20.8 Å². The van der Waals surface area contributed by atoms with Crippen LogP contribution >= 0.6 is 0 Å². The minimum atomic E-state index is 0.829. The van der Waals surface area contributed by atoms with Crippen LogP contribution in [0.25, 0.3) is 0 Å². The van der Waals surface area contributed by atoms with Gasteiger partial charge in [0, 0.05) is 0 Å². The van der Waals surface area contributed by atoms with Crippen molar-refractivity contribution >= 4 is 0 Å². The molecule has 2 rings (SSSR count). The zero-order valence-corrected chi connectivity index (χ0v) is 12.7. The first-order valence-corrected chi connectivity index (χ1v) is 8.31. The second-order valence-electron chi connectivity index (χ2n) is 7.51. The quantitative estimate of drug-likeness (QED) is 0.787. The third-order valence-electron chi connectivity index (χ3n) is 5.92. The Morgan fingerprint density at radius 3 is 2.44 bits per heavy atom. The van der Waals surface area contributed by atoms with Gasteiger partial charge in [-0.2, -0.15) is 0 Å². The first-order chi connectivity index (χ1) is 8.61. The lowest BCUT2D eigenvalue weighted by molar-refractivity contribution is 0.0720. The summed E-state index contributed by atoms with van der Waals surface area (Å²) in [5.74, 6) is 5.56. The summed E-state index contributed by atoms with van der Waals surface area (Å²) in [6, 6.07) is 0. The van der Waals surface area contributed by atoms with Gasteiger partial charge < -0.3 is 5.73 Å². The molecule has 1 heteroatoms. The minimum Gasteiger partial charge on any atom is -0.330 e. The van der Waals surface area contributed by atoms with Crippen molar-refractivity contribution in [2.24, 2.45) is 41.2 Å². The highest BCUT2D eigenvalue weighted by Crippen LogP contribution is 2.45. The zero-order chi connectivity index (χ0) is 13.1. The predicted molar refractivity (Wildman–Crippen MR) is 79.3 cm³/mol. The van der Waals surface area contributed by atoms with Gasteiger partial charge in [-0.05, 0) is 67.7 Å². The van der Waals surface area contributed by atoms with Crippen molar-refractivity contribution in [2.75, 3.05) is 6.54 Å². The molecule has 2 fully saturated rings. The van der Waals surface area contributed by atoms with Gasteiger partial charge in [-0.1, -0.05) is 40.0 Å². The van der Waals surface area contributed by atoms with E-state index in [-0.39, 0.29) is 0 Å². The molecule has 0 aromatic heterocycles. The fraction of sp³-hybridized carbons (Fsp3) is 1.00. The molecule has 0 spiro atoms. The lowest BCUT2D eigenvalue weighted by Crippen LogP contribution is -2.37. The summed E-state index contributed by atoms with van der Waals surface area (Å²) in [5.41, 5.74) is 6.06. The van der Waals surface area contributed by atoms with Crippen LogP contribution in [0.5, 0.6) is 0 Å². The lowest BCUT2D eigenvalue weighted by Gasteiger charge is -2.44. The topological polar surface area (TPSA) is 26.0 Å². The van der Waals surface area contributed by atoms with Crippen LogP contribution in [0.15, 0.2) is 0 Å². The van der Waals surface area contributed by atoms with Crippen molar-refractivity contribution in [3.05, 3.63) is 0 Å². The third-order valence-corrected chi connectivity index (χ3v) is 5.92. The average Bonchev–Trinajstić information content (AvgIpc) is 2.38. The Morgan fingerprint density at radius 2 is 1.83 bits per heavy atom. The van der Waals surface area contributed by atoms with Gasteiger partial charge in [0.15, 0.2) is 0 Å². The van der Waals surface area contributed by atoms with Gasteiger partial charge in [0.2, 0.25) is 0 Å². The molecule has 0 amide bonds. The van der Waals surface area contributed by atoms with Crippen molar-refractivity contribution < 1.29 is 0 Å². The van der Waals surface area contributed by atoms with Gasteiger partial charge in [-0.15, -0.1) is 0 Å². The highest BCUT2D eigenvalue weighted by molar-refractivity contribution is 4.88.